The molecule has 0 bridgehead atoms. The van der Waals surface area contributed by atoms with E-state index < -0.39 is 0 Å². The van der Waals surface area contributed by atoms with E-state index >= 15 is 0 Å². The van der Waals surface area contributed by atoms with Crippen LogP contribution in [0.25, 0.3) is 0 Å². The number of hydrogen-bond acceptors (Lipinski definition) is 4. The Morgan fingerprint density at radius 3 is 2.00 bits per heavy atom. The van der Waals surface area contributed by atoms with Gasteiger partial charge in [0.25, 0.3) is 0 Å². The summed E-state index contributed by atoms with van der Waals surface area (Å²) < 4.78 is 16.2. The maximum absolute atomic E-state index is 9.35. The molecule has 1 unspecified atom stereocenters. The molecule has 0 aliphatic carbocycles. The summed E-state index contributed by atoms with van der Waals surface area (Å²) in [6.07, 6.45) is 0.635. The molecule has 0 aromatic heterocycles. The van der Waals surface area contributed by atoms with Gasteiger partial charge in [-0.25, -0.2) is 0 Å². The Hall–Kier alpha value is -2.67. The molecule has 0 N–H and O–H groups in total. The minimum Gasteiger partial charge on any atom is -0.497 e. The van der Waals surface area contributed by atoms with Crippen LogP contribution in [0.3, 0.4) is 0 Å². The van der Waals surface area contributed by atoms with E-state index in [-0.39, 0.29) is 5.92 Å². The molecule has 0 saturated carbocycles. The number of ether oxygens (including phenoxy) is 3. The van der Waals surface area contributed by atoms with Crippen molar-refractivity contribution in [2.24, 2.45) is 0 Å². The second-order valence-corrected chi connectivity index (χ2v) is 5.00. The van der Waals surface area contributed by atoms with Crippen molar-refractivity contribution in [2.45, 2.75) is 19.3 Å². The van der Waals surface area contributed by atoms with Gasteiger partial charge in [0.15, 0.2) is 0 Å². The molecule has 0 amide bonds. The Morgan fingerprint density at radius 2 is 1.48 bits per heavy atom. The van der Waals surface area contributed by atoms with Crippen molar-refractivity contribution in [3.05, 3.63) is 54.1 Å². The molecule has 2 aromatic rings. The topological polar surface area (TPSA) is 51.5 Å². The highest BCUT2D eigenvalue weighted by Crippen LogP contribution is 2.23. The molecule has 0 heterocycles. The van der Waals surface area contributed by atoms with Crippen LogP contribution in [0.4, 0.5) is 0 Å². The fraction of sp³-hybridized carbons (Fsp3) is 0.316. The lowest BCUT2D eigenvalue weighted by Gasteiger charge is -2.12. The fourth-order valence-corrected chi connectivity index (χ4v) is 2.24. The van der Waals surface area contributed by atoms with Crippen molar-refractivity contribution in [1.82, 2.24) is 0 Å². The smallest absolute Gasteiger partial charge is 0.119 e. The number of nitrogens with zero attached hydrogens (tertiary/aromatic N) is 1. The van der Waals surface area contributed by atoms with Gasteiger partial charge in [-0.05, 0) is 48.9 Å². The Labute approximate surface area is 137 Å². The average molecular weight is 311 g/mol. The Morgan fingerprint density at radius 1 is 0.913 bits per heavy atom. The number of nitriles is 1. The van der Waals surface area contributed by atoms with E-state index in [1.165, 1.54) is 0 Å². The third-order valence-electron chi connectivity index (χ3n) is 3.48. The molecule has 0 radical (unpaired) electrons. The first-order valence-corrected chi connectivity index (χ1v) is 7.66. The van der Waals surface area contributed by atoms with Crippen molar-refractivity contribution >= 4 is 0 Å². The van der Waals surface area contributed by atoms with Gasteiger partial charge in [-0.15, -0.1) is 0 Å². The summed E-state index contributed by atoms with van der Waals surface area (Å²) in [4.78, 5) is 0. The van der Waals surface area contributed by atoms with Crippen LogP contribution in [-0.4, -0.2) is 20.3 Å². The minimum atomic E-state index is -0.191. The molecule has 0 aliphatic heterocycles. The molecule has 0 saturated heterocycles. The van der Waals surface area contributed by atoms with Gasteiger partial charge in [-0.2, -0.15) is 5.26 Å². The number of methoxy groups -OCH3 is 1. The van der Waals surface area contributed by atoms with Gasteiger partial charge in [0.2, 0.25) is 0 Å². The summed E-state index contributed by atoms with van der Waals surface area (Å²) in [6.45, 7) is 3.08. The molecule has 4 heteroatoms. The Bertz CT molecular complexity index is 629. The summed E-state index contributed by atoms with van der Waals surface area (Å²) in [5.74, 6) is 2.20. The summed E-state index contributed by atoms with van der Waals surface area (Å²) in [6, 6.07) is 17.4. The van der Waals surface area contributed by atoms with Gasteiger partial charge in [-0.1, -0.05) is 12.1 Å². The van der Waals surface area contributed by atoms with Crippen LogP contribution < -0.4 is 14.2 Å². The van der Waals surface area contributed by atoms with E-state index in [0.29, 0.717) is 19.6 Å². The average Bonchev–Trinajstić information content (AvgIpc) is 2.61. The zero-order valence-corrected chi connectivity index (χ0v) is 13.5. The highest BCUT2D eigenvalue weighted by molar-refractivity contribution is 5.33. The van der Waals surface area contributed by atoms with E-state index in [4.69, 9.17) is 14.2 Å². The normalized spacial score (nSPS) is 11.3. The molecule has 0 aliphatic rings. The molecule has 0 spiro atoms. The quantitative estimate of drug-likeness (QED) is 0.734. The molecule has 1 atom stereocenters. The largest absolute Gasteiger partial charge is 0.497 e. The van der Waals surface area contributed by atoms with Gasteiger partial charge in [-0.3, -0.25) is 0 Å². The van der Waals surface area contributed by atoms with Crippen molar-refractivity contribution < 1.29 is 14.2 Å². The van der Waals surface area contributed by atoms with Crippen LogP contribution in [0.2, 0.25) is 0 Å². The molecular weight excluding hydrogens is 290 g/mol. The van der Waals surface area contributed by atoms with Crippen molar-refractivity contribution in [1.29, 1.82) is 5.26 Å². The molecule has 2 aromatic carbocycles. The van der Waals surface area contributed by atoms with E-state index in [9.17, 15) is 5.26 Å². The standard InChI is InChI=1S/C19H21NO3/c1-3-22-18-8-10-19(11-9-18)23-13-12-16(14-20)15-4-6-17(21-2)7-5-15/h4-11,16H,3,12-13H2,1-2H3. The lowest BCUT2D eigenvalue weighted by Crippen LogP contribution is -2.04. The maximum Gasteiger partial charge on any atom is 0.119 e. The SMILES string of the molecule is CCOc1ccc(OCCC(C#N)c2ccc(OC)cc2)cc1. The van der Waals surface area contributed by atoms with Gasteiger partial charge in [0.05, 0.1) is 32.3 Å². The van der Waals surface area contributed by atoms with Gasteiger partial charge < -0.3 is 14.2 Å². The lowest BCUT2D eigenvalue weighted by molar-refractivity contribution is 0.304. The Kier molecular flexibility index (Phi) is 6.31. The molecule has 120 valence electrons. The van der Waals surface area contributed by atoms with Crippen molar-refractivity contribution in [3.63, 3.8) is 0 Å². The first kappa shape index (κ1) is 16.7. The highest BCUT2D eigenvalue weighted by atomic mass is 16.5. The van der Waals surface area contributed by atoms with Crippen LogP contribution in [0.1, 0.15) is 24.8 Å². The summed E-state index contributed by atoms with van der Waals surface area (Å²) in [7, 11) is 1.63. The van der Waals surface area contributed by atoms with Crippen molar-refractivity contribution in [2.75, 3.05) is 20.3 Å². The summed E-state index contributed by atoms with van der Waals surface area (Å²) in [5, 5.41) is 9.35. The zero-order valence-electron chi connectivity index (χ0n) is 13.5. The third kappa shape index (κ3) is 4.93. The highest BCUT2D eigenvalue weighted by Gasteiger charge is 2.11. The first-order chi connectivity index (χ1) is 11.3. The fourth-order valence-electron chi connectivity index (χ4n) is 2.24. The second kappa shape index (κ2) is 8.70. The third-order valence-corrected chi connectivity index (χ3v) is 3.48. The van der Waals surface area contributed by atoms with Crippen LogP contribution in [0.5, 0.6) is 17.2 Å². The molecular formula is C19H21NO3. The van der Waals surface area contributed by atoms with E-state index in [1.54, 1.807) is 7.11 Å². The number of benzene rings is 2. The molecule has 4 nitrogen and oxygen atoms in total. The van der Waals surface area contributed by atoms with Gasteiger partial charge in [0.1, 0.15) is 17.2 Å². The monoisotopic (exact) mass is 311 g/mol. The summed E-state index contributed by atoms with van der Waals surface area (Å²) >= 11 is 0. The predicted molar refractivity (Wildman–Crippen MR) is 89.1 cm³/mol. The first-order valence-electron chi connectivity index (χ1n) is 7.66. The second-order valence-electron chi connectivity index (χ2n) is 5.00. The van der Waals surface area contributed by atoms with E-state index in [2.05, 4.69) is 6.07 Å². The van der Waals surface area contributed by atoms with E-state index in [0.717, 1.165) is 22.8 Å². The van der Waals surface area contributed by atoms with Crippen LogP contribution >= 0.6 is 0 Å². The van der Waals surface area contributed by atoms with E-state index in [1.807, 2.05) is 55.5 Å². The van der Waals surface area contributed by atoms with Crippen LogP contribution in [-0.2, 0) is 0 Å². The summed E-state index contributed by atoms with van der Waals surface area (Å²) in [5.41, 5.74) is 0.976. The van der Waals surface area contributed by atoms with Crippen molar-refractivity contribution in [3.8, 4) is 23.3 Å². The molecule has 0 fully saturated rings. The number of hydrogen-bond donors (Lipinski definition) is 0. The zero-order chi connectivity index (χ0) is 16.5. The number of rotatable bonds is 8. The minimum absolute atomic E-state index is 0.191. The maximum atomic E-state index is 9.35. The van der Waals surface area contributed by atoms with Crippen LogP contribution in [0.15, 0.2) is 48.5 Å². The molecule has 23 heavy (non-hydrogen) atoms. The lowest BCUT2D eigenvalue weighted by atomic mass is 9.97. The van der Waals surface area contributed by atoms with Gasteiger partial charge in [0, 0.05) is 6.42 Å². The van der Waals surface area contributed by atoms with Gasteiger partial charge >= 0.3 is 0 Å². The molecule has 2 rings (SSSR count). The van der Waals surface area contributed by atoms with Crippen LogP contribution in [0, 0.1) is 11.3 Å². The Balaban J connectivity index is 1.86. The predicted octanol–water partition coefficient (Wildman–Crippen LogP) is 4.17.